The number of hydrogen-bond donors (Lipinski definition) is 2. The number of thiophene rings is 1. The molecule has 2 aromatic rings. The Kier molecular flexibility index (Phi) is 4.50. The molecule has 3 rings (SSSR count). The summed E-state index contributed by atoms with van der Waals surface area (Å²) in [6, 6.07) is 4.04. The number of aromatic nitrogens is 2. The third-order valence-corrected chi connectivity index (χ3v) is 5.46. The number of nitrogens with one attached hydrogen (secondary N) is 2. The molecule has 1 aliphatic rings. The average molecular weight is 322 g/mol. The van der Waals surface area contributed by atoms with Crippen molar-refractivity contribution in [2.24, 2.45) is 5.92 Å². The van der Waals surface area contributed by atoms with Crippen molar-refractivity contribution >= 4 is 33.8 Å². The van der Waals surface area contributed by atoms with E-state index in [1.165, 1.54) is 41.9 Å². The van der Waals surface area contributed by atoms with Crippen LogP contribution in [0.25, 0.3) is 0 Å². The molecule has 0 bridgehead atoms. The Balaban J connectivity index is 1.67. The van der Waals surface area contributed by atoms with E-state index >= 15 is 0 Å². The van der Waals surface area contributed by atoms with Crippen molar-refractivity contribution in [3.63, 3.8) is 0 Å². The maximum atomic E-state index is 12.2. The zero-order chi connectivity index (χ0) is 14.7. The van der Waals surface area contributed by atoms with E-state index in [0.29, 0.717) is 11.0 Å². The predicted molar refractivity (Wildman–Crippen MR) is 85.8 cm³/mol. The van der Waals surface area contributed by atoms with E-state index in [1.54, 1.807) is 11.3 Å². The number of urea groups is 1. The predicted octanol–water partition coefficient (Wildman–Crippen LogP) is 3.96. The van der Waals surface area contributed by atoms with Crippen LogP contribution in [0.3, 0.4) is 0 Å². The van der Waals surface area contributed by atoms with Crippen LogP contribution in [-0.4, -0.2) is 16.2 Å². The summed E-state index contributed by atoms with van der Waals surface area (Å²) in [6.07, 6.45) is 4.87. The molecule has 1 saturated carbocycles. The zero-order valence-electron chi connectivity index (χ0n) is 11.8. The molecule has 0 aromatic carbocycles. The summed E-state index contributed by atoms with van der Waals surface area (Å²) in [7, 11) is 0. The number of anilines is 1. The highest BCUT2D eigenvalue weighted by molar-refractivity contribution is 7.15. The van der Waals surface area contributed by atoms with Gasteiger partial charge in [-0.05, 0) is 37.1 Å². The standard InChI is InChI=1S/C14H18N4OS2/c1-9-17-18-14(21-9)16-13(19)15-12(10-5-2-3-6-10)11-7-4-8-20-11/h4,7-8,10,12H,2-3,5-6H2,1H3,(H2,15,16,18,19)/t12-/m1/s1. The highest BCUT2D eigenvalue weighted by atomic mass is 32.1. The fraction of sp³-hybridized carbons (Fsp3) is 0.500. The molecule has 0 aliphatic heterocycles. The van der Waals surface area contributed by atoms with Crippen molar-refractivity contribution < 1.29 is 4.79 Å². The van der Waals surface area contributed by atoms with E-state index < -0.39 is 0 Å². The quantitative estimate of drug-likeness (QED) is 0.895. The SMILES string of the molecule is Cc1nnc(NC(=O)N[C@@H](c2cccs2)C2CCCC2)s1. The summed E-state index contributed by atoms with van der Waals surface area (Å²) in [4.78, 5) is 13.4. The molecule has 21 heavy (non-hydrogen) atoms. The van der Waals surface area contributed by atoms with Gasteiger partial charge in [0.05, 0.1) is 6.04 Å². The minimum atomic E-state index is -0.198. The van der Waals surface area contributed by atoms with Gasteiger partial charge in [0.25, 0.3) is 0 Å². The first kappa shape index (κ1) is 14.5. The van der Waals surface area contributed by atoms with E-state index in [2.05, 4.69) is 32.3 Å². The van der Waals surface area contributed by atoms with Gasteiger partial charge in [-0.15, -0.1) is 21.5 Å². The number of carbonyl (C=O) groups is 1. The van der Waals surface area contributed by atoms with Crippen molar-refractivity contribution in [3.05, 3.63) is 27.4 Å². The third kappa shape index (κ3) is 3.59. The van der Waals surface area contributed by atoms with Crippen molar-refractivity contribution in [2.45, 2.75) is 38.6 Å². The summed E-state index contributed by atoms with van der Waals surface area (Å²) in [6.45, 7) is 1.87. The number of nitrogens with zero attached hydrogens (tertiary/aromatic N) is 2. The lowest BCUT2D eigenvalue weighted by Gasteiger charge is -2.23. The second-order valence-corrected chi connectivity index (χ2v) is 7.42. The molecule has 0 saturated heterocycles. The molecule has 0 spiro atoms. The zero-order valence-corrected chi connectivity index (χ0v) is 13.5. The van der Waals surface area contributed by atoms with E-state index in [-0.39, 0.29) is 12.1 Å². The normalized spacial score (nSPS) is 16.8. The van der Waals surface area contributed by atoms with Gasteiger partial charge in [0, 0.05) is 4.88 Å². The molecular formula is C14H18N4OS2. The molecule has 2 N–H and O–H groups in total. The first-order valence-corrected chi connectivity index (χ1v) is 8.83. The van der Waals surface area contributed by atoms with Crippen LogP contribution in [0.4, 0.5) is 9.93 Å². The largest absolute Gasteiger partial charge is 0.330 e. The second-order valence-electron chi connectivity index (χ2n) is 5.26. The monoisotopic (exact) mass is 322 g/mol. The number of aryl methyl sites for hydroxylation is 1. The summed E-state index contributed by atoms with van der Waals surface area (Å²) in [5.41, 5.74) is 0. The van der Waals surface area contributed by atoms with E-state index in [1.807, 2.05) is 13.0 Å². The molecule has 2 amide bonds. The van der Waals surface area contributed by atoms with Gasteiger partial charge >= 0.3 is 6.03 Å². The van der Waals surface area contributed by atoms with Crippen LogP contribution in [0, 0.1) is 12.8 Å². The molecule has 0 unspecified atom stereocenters. The van der Waals surface area contributed by atoms with Gasteiger partial charge in [-0.2, -0.15) is 0 Å². The van der Waals surface area contributed by atoms with Crippen LogP contribution in [-0.2, 0) is 0 Å². The maximum absolute atomic E-state index is 12.2. The molecule has 112 valence electrons. The second kappa shape index (κ2) is 6.53. The highest BCUT2D eigenvalue weighted by Crippen LogP contribution is 2.37. The number of rotatable bonds is 4. The van der Waals surface area contributed by atoms with Gasteiger partial charge in [0.1, 0.15) is 5.01 Å². The fourth-order valence-corrected chi connectivity index (χ4v) is 4.26. The molecule has 2 heterocycles. The van der Waals surface area contributed by atoms with Gasteiger partial charge in [-0.1, -0.05) is 30.2 Å². The Labute approximate surface area is 131 Å². The molecule has 0 radical (unpaired) electrons. The number of amides is 2. The molecule has 7 heteroatoms. The van der Waals surface area contributed by atoms with Gasteiger partial charge in [-0.3, -0.25) is 5.32 Å². The molecule has 2 aromatic heterocycles. The first-order chi connectivity index (χ1) is 10.2. The molecule has 1 atom stereocenters. The molecular weight excluding hydrogens is 304 g/mol. The van der Waals surface area contributed by atoms with E-state index in [9.17, 15) is 4.79 Å². The lowest BCUT2D eigenvalue weighted by atomic mass is 9.97. The third-order valence-electron chi connectivity index (χ3n) is 3.75. The Morgan fingerprint density at radius 2 is 2.19 bits per heavy atom. The Hall–Kier alpha value is -1.47. The number of hydrogen-bond acceptors (Lipinski definition) is 5. The van der Waals surface area contributed by atoms with Crippen LogP contribution in [0.5, 0.6) is 0 Å². The summed E-state index contributed by atoms with van der Waals surface area (Å²) in [5.74, 6) is 0.533. The first-order valence-electron chi connectivity index (χ1n) is 7.13. The maximum Gasteiger partial charge on any atom is 0.321 e. The van der Waals surface area contributed by atoms with Gasteiger partial charge in [0.2, 0.25) is 5.13 Å². The Bertz CT molecular complexity index is 590. The van der Waals surface area contributed by atoms with Crippen LogP contribution in [0.1, 0.15) is 41.6 Å². The van der Waals surface area contributed by atoms with E-state index in [4.69, 9.17) is 0 Å². The van der Waals surface area contributed by atoms with Crippen LogP contribution >= 0.6 is 22.7 Å². The molecule has 1 fully saturated rings. The van der Waals surface area contributed by atoms with Gasteiger partial charge in [-0.25, -0.2) is 4.79 Å². The summed E-state index contributed by atoms with van der Waals surface area (Å²) < 4.78 is 0. The molecule has 5 nitrogen and oxygen atoms in total. The van der Waals surface area contributed by atoms with Gasteiger partial charge in [0.15, 0.2) is 0 Å². The fourth-order valence-electron chi connectivity index (χ4n) is 2.80. The Morgan fingerprint density at radius 1 is 1.38 bits per heavy atom. The van der Waals surface area contributed by atoms with Crippen LogP contribution in [0.15, 0.2) is 17.5 Å². The lowest BCUT2D eigenvalue weighted by Crippen LogP contribution is -2.35. The smallest absolute Gasteiger partial charge is 0.321 e. The van der Waals surface area contributed by atoms with Crippen LogP contribution in [0.2, 0.25) is 0 Å². The topological polar surface area (TPSA) is 66.9 Å². The average Bonchev–Trinajstić information content (AvgIpc) is 3.19. The summed E-state index contributed by atoms with van der Waals surface area (Å²) in [5, 5.41) is 17.2. The van der Waals surface area contributed by atoms with Crippen molar-refractivity contribution in [1.29, 1.82) is 0 Å². The Morgan fingerprint density at radius 3 is 2.81 bits per heavy atom. The van der Waals surface area contributed by atoms with Crippen molar-refractivity contribution in [1.82, 2.24) is 15.5 Å². The minimum Gasteiger partial charge on any atom is -0.330 e. The van der Waals surface area contributed by atoms with Crippen molar-refractivity contribution in [2.75, 3.05) is 5.32 Å². The highest BCUT2D eigenvalue weighted by Gasteiger charge is 2.28. The number of carbonyl (C=O) groups excluding carboxylic acids is 1. The minimum absolute atomic E-state index is 0.0986. The van der Waals surface area contributed by atoms with Crippen LogP contribution < -0.4 is 10.6 Å². The summed E-state index contributed by atoms with van der Waals surface area (Å²) >= 11 is 3.08. The van der Waals surface area contributed by atoms with Gasteiger partial charge < -0.3 is 5.32 Å². The van der Waals surface area contributed by atoms with Crippen molar-refractivity contribution in [3.8, 4) is 0 Å². The molecule has 1 aliphatic carbocycles. The lowest BCUT2D eigenvalue weighted by molar-refractivity contribution is 0.243. The van der Waals surface area contributed by atoms with E-state index in [0.717, 1.165) is 5.01 Å².